The number of hydrogen-bond donors (Lipinski definition) is 1. The number of nitrogens with zero attached hydrogens (tertiary/aromatic N) is 3. The third-order valence-corrected chi connectivity index (χ3v) is 7.15. The van der Waals surface area contributed by atoms with Crippen LogP contribution >= 0.6 is 11.6 Å². The summed E-state index contributed by atoms with van der Waals surface area (Å²) in [6, 6.07) is 11.0. The number of nitrogens with one attached hydrogen (secondary N) is 1. The van der Waals surface area contributed by atoms with E-state index in [1.165, 1.54) is 18.2 Å². The zero-order chi connectivity index (χ0) is 26.2. The van der Waals surface area contributed by atoms with Crippen molar-refractivity contribution in [3.8, 4) is 5.75 Å². The first-order chi connectivity index (χ1) is 17.7. The van der Waals surface area contributed by atoms with Crippen LogP contribution in [0.4, 0.5) is 23.4 Å². The summed E-state index contributed by atoms with van der Waals surface area (Å²) in [5, 5.41) is 4.43. The van der Waals surface area contributed by atoms with Gasteiger partial charge in [-0.3, -0.25) is 4.98 Å². The van der Waals surface area contributed by atoms with Gasteiger partial charge in [-0.25, -0.2) is 14.4 Å². The van der Waals surface area contributed by atoms with Gasteiger partial charge in [-0.2, -0.15) is 0 Å². The van der Waals surface area contributed by atoms with Gasteiger partial charge in [0, 0.05) is 23.0 Å². The lowest BCUT2D eigenvalue weighted by Gasteiger charge is -2.31. The summed E-state index contributed by atoms with van der Waals surface area (Å²) >= 11 is 6.04. The van der Waals surface area contributed by atoms with Gasteiger partial charge in [0.05, 0.1) is 5.52 Å². The second-order valence-corrected chi connectivity index (χ2v) is 9.94. The highest BCUT2D eigenvalue weighted by Crippen LogP contribution is 2.40. The number of benzene rings is 2. The molecule has 2 aromatic heterocycles. The number of rotatable bonds is 6. The molecule has 0 radical (unpaired) electrons. The van der Waals surface area contributed by atoms with Gasteiger partial charge in [-0.05, 0) is 104 Å². The summed E-state index contributed by atoms with van der Waals surface area (Å²) in [6.45, 7) is 2.02. The van der Waals surface area contributed by atoms with Gasteiger partial charge >= 0.3 is 6.36 Å². The summed E-state index contributed by atoms with van der Waals surface area (Å²) in [5.41, 5.74) is 1.95. The smallest absolute Gasteiger partial charge is 0.403 e. The first kappa shape index (κ1) is 25.4. The Morgan fingerprint density at radius 1 is 1.05 bits per heavy atom. The number of ether oxygens (including phenoxy) is 1. The van der Waals surface area contributed by atoms with Crippen LogP contribution in [0.1, 0.15) is 50.5 Å². The van der Waals surface area contributed by atoms with Crippen molar-refractivity contribution in [2.75, 3.05) is 5.32 Å². The molecule has 1 fully saturated rings. The number of fused-ring (bicyclic) bond motifs is 2. The van der Waals surface area contributed by atoms with Crippen LogP contribution in [0.3, 0.4) is 0 Å². The van der Waals surface area contributed by atoms with Crippen molar-refractivity contribution in [1.82, 2.24) is 15.0 Å². The average molecular weight is 533 g/mol. The molecule has 37 heavy (non-hydrogen) atoms. The minimum atomic E-state index is -4.85. The molecule has 2 heterocycles. The van der Waals surface area contributed by atoms with E-state index in [9.17, 15) is 17.6 Å². The molecule has 0 bridgehead atoms. The average Bonchev–Trinajstić information content (AvgIpc) is 2.84. The number of halogens is 5. The molecule has 0 aliphatic heterocycles. The fraction of sp³-hybridized carbons (Fsp3) is 0.370. The second-order valence-electron chi connectivity index (χ2n) is 9.60. The topological polar surface area (TPSA) is 59.9 Å². The molecule has 4 aromatic rings. The Morgan fingerprint density at radius 3 is 2.59 bits per heavy atom. The third-order valence-electron chi connectivity index (χ3n) is 6.98. The van der Waals surface area contributed by atoms with Crippen molar-refractivity contribution in [2.45, 2.75) is 57.3 Å². The highest BCUT2D eigenvalue weighted by atomic mass is 35.5. The van der Waals surface area contributed by atoms with E-state index in [0.717, 1.165) is 48.6 Å². The molecule has 5 rings (SSSR count). The summed E-state index contributed by atoms with van der Waals surface area (Å²) in [6.07, 6.45) is 1.83. The van der Waals surface area contributed by atoms with Crippen molar-refractivity contribution < 1.29 is 22.3 Å². The molecule has 1 atom stereocenters. The van der Waals surface area contributed by atoms with E-state index in [4.69, 9.17) is 11.6 Å². The first-order valence-corrected chi connectivity index (χ1v) is 12.6. The Balaban J connectivity index is 1.26. The normalized spacial score (nSPS) is 19.2. The minimum absolute atomic E-state index is 0.00115. The number of alkyl halides is 3. The van der Waals surface area contributed by atoms with Crippen molar-refractivity contribution >= 4 is 39.2 Å². The molecule has 0 unspecified atom stereocenters. The van der Waals surface area contributed by atoms with Crippen LogP contribution in [0, 0.1) is 11.7 Å². The Bertz CT molecular complexity index is 1420. The van der Waals surface area contributed by atoms with E-state index in [-0.39, 0.29) is 22.7 Å². The molecule has 5 nitrogen and oxygen atoms in total. The van der Waals surface area contributed by atoms with Crippen LogP contribution in [0.25, 0.3) is 21.8 Å². The summed E-state index contributed by atoms with van der Waals surface area (Å²) in [4.78, 5) is 12.6. The van der Waals surface area contributed by atoms with E-state index >= 15 is 0 Å². The maximum absolute atomic E-state index is 13.9. The quantitative estimate of drug-likeness (QED) is 0.201. The predicted octanol–water partition coefficient (Wildman–Crippen LogP) is 8.03. The van der Waals surface area contributed by atoms with Crippen LogP contribution < -0.4 is 10.1 Å². The number of anilines is 1. The molecule has 2 aromatic carbocycles. The molecule has 0 amide bonds. The zero-order valence-electron chi connectivity index (χ0n) is 20.0. The van der Waals surface area contributed by atoms with Crippen molar-refractivity contribution in [3.05, 3.63) is 65.3 Å². The molecule has 1 saturated carbocycles. The van der Waals surface area contributed by atoms with E-state index in [0.29, 0.717) is 23.0 Å². The minimum Gasteiger partial charge on any atom is -0.403 e. The van der Waals surface area contributed by atoms with E-state index in [1.54, 1.807) is 24.4 Å². The third kappa shape index (κ3) is 5.87. The number of aromatic nitrogens is 3. The standard InChI is InChI=1S/C27H25ClF4N4O/c1-15(34-25-20-3-2-4-23(37-27(30,31)32)24(20)35-26(28)36-25)13-16-5-7-17(8-6-16)19-11-12-33-22-10-9-18(29)14-21(19)22/h2-4,9-12,14-17H,5-8,13H2,1H3,(H,34,35,36)/t15-,16-,17+/m1/s1. The lowest BCUT2D eigenvalue weighted by molar-refractivity contribution is -0.274. The number of para-hydroxylation sites is 1. The highest BCUT2D eigenvalue weighted by molar-refractivity contribution is 6.29. The van der Waals surface area contributed by atoms with Crippen LogP contribution in [0.15, 0.2) is 48.7 Å². The van der Waals surface area contributed by atoms with Crippen molar-refractivity contribution in [3.63, 3.8) is 0 Å². The van der Waals surface area contributed by atoms with Gasteiger partial charge in [0.25, 0.3) is 0 Å². The van der Waals surface area contributed by atoms with Crippen molar-refractivity contribution in [2.24, 2.45) is 5.92 Å². The summed E-state index contributed by atoms with van der Waals surface area (Å²) in [5.74, 6) is 0.505. The van der Waals surface area contributed by atoms with Gasteiger partial charge in [0.1, 0.15) is 17.2 Å². The highest BCUT2D eigenvalue weighted by Gasteiger charge is 2.32. The molecule has 0 spiro atoms. The molecular weight excluding hydrogens is 508 g/mol. The summed E-state index contributed by atoms with van der Waals surface area (Å²) < 4.78 is 56.5. The van der Waals surface area contributed by atoms with Crippen LogP contribution in [-0.4, -0.2) is 27.4 Å². The van der Waals surface area contributed by atoms with Crippen LogP contribution in [0.5, 0.6) is 5.75 Å². The number of hydrogen-bond acceptors (Lipinski definition) is 5. The van der Waals surface area contributed by atoms with E-state index in [1.807, 2.05) is 13.0 Å². The zero-order valence-corrected chi connectivity index (χ0v) is 20.8. The SMILES string of the molecule is C[C@H](C[C@H]1CC[C@@H](c2ccnc3ccc(F)cc32)CC1)Nc1nc(Cl)nc2c(OC(F)(F)F)cccc12. The molecule has 1 aliphatic rings. The molecule has 1 N–H and O–H groups in total. The van der Waals surface area contributed by atoms with Gasteiger partial charge in [-0.1, -0.05) is 6.07 Å². The van der Waals surface area contributed by atoms with Crippen LogP contribution in [-0.2, 0) is 0 Å². The fourth-order valence-corrected chi connectivity index (χ4v) is 5.58. The summed E-state index contributed by atoms with van der Waals surface area (Å²) in [7, 11) is 0. The van der Waals surface area contributed by atoms with Crippen LogP contribution in [0.2, 0.25) is 5.28 Å². The monoisotopic (exact) mass is 532 g/mol. The number of pyridine rings is 1. The Labute approximate surface area is 216 Å². The predicted molar refractivity (Wildman–Crippen MR) is 135 cm³/mol. The fourth-order valence-electron chi connectivity index (χ4n) is 5.41. The maximum atomic E-state index is 13.9. The second kappa shape index (κ2) is 10.3. The Hall–Kier alpha value is -3.20. The molecule has 1 aliphatic carbocycles. The maximum Gasteiger partial charge on any atom is 0.573 e. The van der Waals surface area contributed by atoms with Gasteiger partial charge in [0.2, 0.25) is 5.28 Å². The van der Waals surface area contributed by atoms with E-state index in [2.05, 4.69) is 25.0 Å². The largest absolute Gasteiger partial charge is 0.573 e. The Kier molecular flexibility index (Phi) is 7.07. The van der Waals surface area contributed by atoms with Crippen molar-refractivity contribution in [1.29, 1.82) is 0 Å². The lowest BCUT2D eigenvalue weighted by Crippen LogP contribution is -2.23. The molecular formula is C27H25ClF4N4O. The molecule has 0 saturated heterocycles. The molecule has 10 heteroatoms. The first-order valence-electron chi connectivity index (χ1n) is 12.2. The van der Waals surface area contributed by atoms with E-state index < -0.39 is 12.1 Å². The Morgan fingerprint density at radius 2 is 1.84 bits per heavy atom. The molecule has 194 valence electrons. The van der Waals surface area contributed by atoms with Gasteiger partial charge in [0.15, 0.2) is 5.75 Å². The lowest BCUT2D eigenvalue weighted by atomic mass is 9.76. The van der Waals surface area contributed by atoms with Gasteiger partial charge in [-0.15, -0.1) is 13.2 Å². The van der Waals surface area contributed by atoms with Gasteiger partial charge < -0.3 is 10.1 Å².